The average molecular weight is 498 g/mol. The minimum atomic E-state index is -0.608. The topological polar surface area (TPSA) is 71.7 Å². The van der Waals surface area contributed by atoms with Gasteiger partial charge in [0.2, 0.25) is 0 Å². The Kier molecular flexibility index (Phi) is 11.9. The fourth-order valence-corrected chi connectivity index (χ4v) is 5.66. The van der Waals surface area contributed by atoms with E-state index < -0.39 is 11.7 Å². The molecule has 2 aromatic rings. The lowest BCUT2D eigenvalue weighted by atomic mass is 9.83. The Balaban J connectivity index is 1.41. The van der Waals surface area contributed by atoms with E-state index in [1.807, 2.05) is 30.3 Å². The third kappa shape index (κ3) is 8.12. The van der Waals surface area contributed by atoms with Crippen LogP contribution < -0.4 is 5.56 Å². The van der Waals surface area contributed by atoms with Crippen LogP contribution in [0.25, 0.3) is 11.1 Å². The summed E-state index contributed by atoms with van der Waals surface area (Å²) in [4.78, 5) is 12.8. The number of hydrogen-bond donors (Lipinski definition) is 2. The zero-order valence-corrected chi connectivity index (χ0v) is 22.5. The highest BCUT2D eigenvalue weighted by molar-refractivity contribution is 5.70. The molecule has 3 atom stereocenters. The first-order valence-electron chi connectivity index (χ1n) is 14.4. The van der Waals surface area contributed by atoms with Gasteiger partial charge in [-0.1, -0.05) is 121 Å². The zero-order chi connectivity index (χ0) is 25.8. The second kappa shape index (κ2) is 15.1. The second-order valence-electron chi connectivity index (χ2n) is 10.8. The van der Waals surface area contributed by atoms with Crippen molar-refractivity contribution < 1.29 is 15.1 Å². The van der Waals surface area contributed by atoms with Crippen LogP contribution in [0.4, 0.5) is 0 Å². The van der Waals surface area contributed by atoms with E-state index in [1.165, 1.54) is 83.2 Å². The van der Waals surface area contributed by atoms with Gasteiger partial charge in [0.05, 0.1) is 24.5 Å². The number of nitrogens with zero attached hydrogens (tertiary/aromatic N) is 1. The summed E-state index contributed by atoms with van der Waals surface area (Å²) in [6, 6.07) is 9.31. The molecule has 0 saturated carbocycles. The van der Waals surface area contributed by atoms with E-state index in [0.717, 1.165) is 18.4 Å². The number of benzene rings is 1. The van der Waals surface area contributed by atoms with E-state index in [9.17, 15) is 15.1 Å². The minimum Gasteiger partial charge on any atom is -0.507 e. The number of hydrogen-bond acceptors (Lipinski definition) is 4. The van der Waals surface area contributed by atoms with Crippen LogP contribution in [0.5, 0.6) is 5.75 Å². The van der Waals surface area contributed by atoms with Gasteiger partial charge in [-0.05, 0) is 30.2 Å². The molecular formula is C31H47NO4. The van der Waals surface area contributed by atoms with Crippen LogP contribution in [0.3, 0.4) is 0 Å². The number of unbranched alkanes of at least 4 members (excludes halogenated alkanes) is 11. The van der Waals surface area contributed by atoms with Crippen molar-refractivity contribution in [1.29, 1.82) is 0 Å². The Hall–Kier alpha value is -2.27. The maximum Gasteiger partial charge on any atom is 0.292 e. The molecule has 1 saturated heterocycles. The predicted molar refractivity (Wildman–Crippen MR) is 147 cm³/mol. The highest BCUT2D eigenvalue weighted by Crippen LogP contribution is 2.42. The number of aromatic nitrogens is 1. The van der Waals surface area contributed by atoms with Crippen molar-refractivity contribution in [2.45, 2.75) is 110 Å². The molecule has 2 N–H and O–H groups in total. The summed E-state index contributed by atoms with van der Waals surface area (Å²) in [6.07, 6.45) is 19.1. The lowest BCUT2D eigenvalue weighted by molar-refractivity contribution is -0.0575. The minimum absolute atomic E-state index is 0.0886. The van der Waals surface area contributed by atoms with Gasteiger partial charge >= 0.3 is 0 Å². The SMILES string of the molecule is CCCCCCCCCCCCCC[C@H]1CO[C@@H](c2c(O)c(-c3ccccc3)cn(O)c2=O)[C@H](C)C1. The molecule has 200 valence electrons. The average Bonchev–Trinajstić information content (AvgIpc) is 2.88. The fraction of sp³-hybridized carbons (Fsp3) is 0.645. The van der Waals surface area contributed by atoms with Gasteiger partial charge in [0.25, 0.3) is 5.56 Å². The Bertz CT molecular complexity index is 955. The van der Waals surface area contributed by atoms with Crippen molar-refractivity contribution in [3.8, 4) is 16.9 Å². The van der Waals surface area contributed by atoms with Gasteiger partial charge in [-0.25, -0.2) is 0 Å². The summed E-state index contributed by atoms with van der Waals surface area (Å²) in [6.45, 7) is 4.94. The maximum atomic E-state index is 12.8. The number of ether oxygens (including phenoxy) is 1. The summed E-state index contributed by atoms with van der Waals surface area (Å²) in [5.74, 6) is 0.480. The van der Waals surface area contributed by atoms with Gasteiger partial charge in [-0.3, -0.25) is 4.79 Å². The van der Waals surface area contributed by atoms with Gasteiger partial charge in [-0.15, -0.1) is 0 Å². The summed E-state index contributed by atoms with van der Waals surface area (Å²) in [7, 11) is 0. The Labute approximate surface area is 217 Å². The van der Waals surface area contributed by atoms with Gasteiger partial charge in [0.15, 0.2) is 0 Å². The van der Waals surface area contributed by atoms with Crippen LogP contribution >= 0.6 is 0 Å². The Morgan fingerprint density at radius 2 is 1.50 bits per heavy atom. The lowest BCUT2D eigenvalue weighted by Gasteiger charge is -2.35. The third-order valence-corrected chi connectivity index (χ3v) is 7.77. The fourth-order valence-electron chi connectivity index (χ4n) is 5.66. The summed E-state index contributed by atoms with van der Waals surface area (Å²) >= 11 is 0. The summed E-state index contributed by atoms with van der Waals surface area (Å²) in [5.41, 5.74) is 0.730. The normalized spacial score (nSPS) is 20.0. The molecule has 0 radical (unpaired) electrons. The van der Waals surface area contributed by atoms with Gasteiger partial charge in [-0.2, -0.15) is 4.73 Å². The first kappa shape index (κ1) is 28.3. The van der Waals surface area contributed by atoms with Crippen molar-refractivity contribution in [3.05, 3.63) is 52.4 Å². The molecule has 5 nitrogen and oxygen atoms in total. The number of aromatic hydroxyl groups is 1. The van der Waals surface area contributed by atoms with E-state index >= 15 is 0 Å². The van der Waals surface area contributed by atoms with Crippen molar-refractivity contribution in [2.24, 2.45) is 11.8 Å². The van der Waals surface area contributed by atoms with Gasteiger partial charge in [0.1, 0.15) is 5.75 Å². The van der Waals surface area contributed by atoms with Crippen molar-refractivity contribution >= 4 is 0 Å². The van der Waals surface area contributed by atoms with Crippen LogP contribution in [0.15, 0.2) is 41.3 Å². The van der Waals surface area contributed by atoms with Crippen molar-refractivity contribution in [2.75, 3.05) is 6.61 Å². The molecule has 1 aromatic heterocycles. The standard InChI is InChI=1S/C31H47NO4/c1-3-4-5-6-7-8-9-10-11-12-13-15-18-25-21-24(2)30(36-23-25)28-29(33)27(22-32(35)31(28)34)26-19-16-14-17-20-26/h14,16-17,19-20,22,24-25,30,33,35H,3-13,15,18,21,23H2,1-2H3/t24-,25-,30-/m1/s1. The molecule has 36 heavy (non-hydrogen) atoms. The second-order valence-corrected chi connectivity index (χ2v) is 10.8. The largest absolute Gasteiger partial charge is 0.507 e. The molecule has 0 amide bonds. The van der Waals surface area contributed by atoms with Crippen LogP contribution in [0.2, 0.25) is 0 Å². The first-order valence-corrected chi connectivity index (χ1v) is 14.4. The molecule has 1 aromatic carbocycles. The predicted octanol–water partition coefficient (Wildman–Crippen LogP) is 8.26. The van der Waals surface area contributed by atoms with Crippen LogP contribution in [-0.4, -0.2) is 21.7 Å². The number of pyridine rings is 1. The molecule has 0 spiro atoms. The number of rotatable bonds is 15. The molecule has 1 aliphatic heterocycles. The molecule has 0 unspecified atom stereocenters. The van der Waals surface area contributed by atoms with E-state index in [0.29, 0.717) is 22.8 Å². The first-order chi connectivity index (χ1) is 17.5. The monoisotopic (exact) mass is 497 g/mol. The van der Waals surface area contributed by atoms with Crippen LogP contribution in [-0.2, 0) is 4.74 Å². The molecule has 3 rings (SSSR count). The molecule has 0 aliphatic carbocycles. The smallest absolute Gasteiger partial charge is 0.292 e. The van der Waals surface area contributed by atoms with E-state index in [1.54, 1.807) is 0 Å². The molecule has 2 heterocycles. The maximum absolute atomic E-state index is 12.8. The molecule has 1 aliphatic rings. The van der Waals surface area contributed by atoms with E-state index in [-0.39, 0.29) is 17.2 Å². The quantitative estimate of drug-likeness (QED) is 0.192. The lowest BCUT2D eigenvalue weighted by Crippen LogP contribution is -2.33. The Morgan fingerprint density at radius 3 is 2.08 bits per heavy atom. The van der Waals surface area contributed by atoms with Crippen LogP contribution in [0.1, 0.15) is 115 Å². The highest BCUT2D eigenvalue weighted by atomic mass is 16.5. The summed E-state index contributed by atoms with van der Waals surface area (Å²) in [5, 5.41) is 21.3. The van der Waals surface area contributed by atoms with Crippen molar-refractivity contribution in [1.82, 2.24) is 4.73 Å². The van der Waals surface area contributed by atoms with Crippen LogP contribution in [0, 0.1) is 11.8 Å². The van der Waals surface area contributed by atoms with Crippen molar-refractivity contribution in [3.63, 3.8) is 0 Å². The highest BCUT2D eigenvalue weighted by Gasteiger charge is 2.34. The third-order valence-electron chi connectivity index (χ3n) is 7.77. The molecular weight excluding hydrogens is 450 g/mol. The summed E-state index contributed by atoms with van der Waals surface area (Å²) < 4.78 is 6.74. The van der Waals surface area contributed by atoms with E-state index in [2.05, 4.69) is 13.8 Å². The molecule has 5 heteroatoms. The van der Waals surface area contributed by atoms with Gasteiger partial charge in [0, 0.05) is 5.56 Å². The molecule has 1 fully saturated rings. The van der Waals surface area contributed by atoms with E-state index in [4.69, 9.17) is 4.74 Å². The Morgan fingerprint density at radius 1 is 0.917 bits per heavy atom. The molecule has 0 bridgehead atoms. The van der Waals surface area contributed by atoms with Gasteiger partial charge < -0.3 is 15.1 Å². The zero-order valence-electron chi connectivity index (χ0n) is 22.5.